The number of rotatable bonds is 8. The van der Waals surface area contributed by atoms with Crippen molar-refractivity contribution in [2.45, 2.75) is 42.5 Å². The molecular weight excluding hydrogens is 1350 g/mol. The molecule has 8 heterocycles. The Bertz CT molecular complexity index is 4120. The van der Waals surface area contributed by atoms with Crippen molar-refractivity contribution in [3.8, 4) is 0 Å². The molecule has 83 heavy (non-hydrogen) atoms. The van der Waals surface area contributed by atoms with E-state index in [0.29, 0.717) is 47.3 Å². The molecular formula is C45H29Cl2F10N10NaO6S9. The van der Waals surface area contributed by atoms with Gasteiger partial charge in [0.25, 0.3) is 37.6 Å². The molecule has 434 valence electrons. The Balaban J connectivity index is 0.000000179. The van der Waals surface area contributed by atoms with Crippen LogP contribution >= 0.6 is 92.5 Å². The number of fused-ring (bicyclic) bond motifs is 6. The summed E-state index contributed by atoms with van der Waals surface area (Å²) in [5.74, 6) is -12.5. The zero-order valence-electron chi connectivity index (χ0n) is 40.8. The van der Waals surface area contributed by atoms with Crippen molar-refractivity contribution in [1.29, 1.82) is 0 Å². The molecule has 8 aromatic heterocycles. The Labute approximate surface area is 520 Å². The van der Waals surface area contributed by atoms with Gasteiger partial charge in [0, 0.05) is 29.0 Å². The summed E-state index contributed by atoms with van der Waals surface area (Å²) in [7, 11) is -9.13. The molecule has 0 saturated heterocycles. The average molecular weight is 1380 g/mol. The summed E-state index contributed by atoms with van der Waals surface area (Å²) >= 11 is 18.1. The summed E-state index contributed by atoms with van der Waals surface area (Å²) in [5, 5.41) is 1.59. The van der Waals surface area contributed by atoms with E-state index in [-0.39, 0.29) is 45.7 Å². The summed E-state index contributed by atoms with van der Waals surface area (Å²) in [5.41, 5.74) is 3.70. The van der Waals surface area contributed by atoms with E-state index in [2.05, 4.69) is 55.9 Å². The fraction of sp³-hybridized carbons (Fsp3) is 0.111. The molecule has 0 aliphatic rings. The molecule has 12 rings (SSSR count). The van der Waals surface area contributed by atoms with E-state index < -0.39 is 68.9 Å². The number of alkyl halides is 10. The number of para-hydroxylation sites is 4. The summed E-state index contributed by atoms with van der Waals surface area (Å²) in [6.07, 6.45) is 3.05. The Kier molecular flexibility index (Phi) is 26.6. The third-order valence-corrected chi connectivity index (χ3v) is 19.0. The van der Waals surface area contributed by atoms with Gasteiger partial charge in [0.05, 0.1) is 51.6 Å². The first-order chi connectivity index (χ1) is 38.9. The van der Waals surface area contributed by atoms with Gasteiger partial charge >= 0.3 is 41.1 Å². The minimum absolute atomic E-state index is 0. The van der Waals surface area contributed by atoms with Crippen LogP contribution in [-0.4, -0.2) is 98.5 Å². The second-order valence-corrected chi connectivity index (χ2v) is 26.5. The number of benzene rings is 4. The zero-order valence-corrected chi connectivity index (χ0v) is 51.7. The molecule has 0 aliphatic heterocycles. The summed E-state index contributed by atoms with van der Waals surface area (Å²) in [6.45, 7) is 0. The minimum atomic E-state index is -4.56. The van der Waals surface area contributed by atoms with Crippen molar-refractivity contribution in [1.82, 2.24) is 49.8 Å². The van der Waals surface area contributed by atoms with Gasteiger partial charge in [-0.2, -0.15) is 35.1 Å². The fourth-order valence-corrected chi connectivity index (χ4v) is 13.2. The maximum Gasteiger partial charge on any atom is 1.00 e. The number of halogens is 12. The van der Waals surface area contributed by atoms with E-state index in [1.807, 2.05) is 48.5 Å². The van der Waals surface area contributed by atoms with Crippen LogP contribution < -0.4 is 29.6 Å². The van der Waals surface area contributed by atoms with Crippen molar-refractivity contribution < 1.29 is 99.1 Å². The summed E-state index contributed by atoms with van der Waals surface area (Å²) < 4.78 is 184. The number of nitrogens with zero attached hydrogens (tertiary/aromatic N) is 7. The van der Waals surface area contributed by atoms with Crippen LogP contribution in [0.15, 0.2) is 141 Å². The molecule has 0 bridgehead atoms. The van der Waals surface area contributed by atoms with Crippen LogP contribution in [0.3, 0.4) is 0 Å². The molecule has 4 aromatic carbocycles. The van der Waals surface area contributed by atoms with Gasteiger partial charge in [0.1, 0.15) is 34.3 Å². The third kappa shape index (κ3) is 19.3. The first kappa shape index (κ1) is 68.9. The summed E-state index contributed by atoms with van der Waals surface area (Å²) in [4.78, 5) is 35.1. The fourth-order valence-electron chi connectivity index (χ4n) is 5.93. The van der Waals surface area contributed by atoms with Gasteiger partial charge in [0.15, 0.2) is 8.29 Å². The molecule has 0 radical (unpaired) electrons. The predicted octanol–water partition coefficient (Wildman–Crippen LogP) is 12.4. The van der Waals surface area contributed by atoms with Crippen molar-refractivity contribution in [2.24, 2.45) is 0 Å². The van der Waals surface area contributed by atoms with Crippen LogP contribution in [-0.2, 0) is 30.8 Å². The number of sulfone groups is 2. The Morgan fingerprint density at radius 2 is 1.05 bits per heavy atom. The van der Waals surface area contributed by atoms with E-state index in [1.165, 1.54) is 34.9 Å². The molecule has 1 unspecified atom stereocenters. The number of nitrogens with one attached hydrogen (secondary N) is 3. The number of hydrogen-bond donors (Lipinski definition) is 3. The number of H-pyrrole nitrogens is 3. The van der Waals surface area contributed by atoms with Gasteiger partial charge in [-0.3, -0.25) is 4.21 Å². The maximum atomic E-state index is 12.4. The minimum Gasteiger partial charge on any atom is -0.768 e. The van der Waals surface area contributed by atoms with Crippen molar-refractivity contribution in [2.75, 3.05) is 0 Å². The van der Waals surface area contributed by atoms with E-state index in [0.717, 1.165) is 53.4 Å². The van der Waals surface area contributed by atoms with Gasteiger partial charge in [-0.1, -0.05) is 71.7 Å². The molecule has 0 amide bonds. The Morgan fingerprint density at radius 3 is 1.49 bits per heavy atom. The maximum absolute atomic E-state index is 12.4. The Morgan fingerprint density at radius 1 is 0.590 bits per heavy atom. The number of aromatic amines is 3. The number of hydrogen-bond acceptors (Lipinski definition) is 19. The quantitative estimate of drug-likeness (QED) is 0.0320. The van der Waals surface area contributed by atoms with Crippen molar-refractivity contribution in [3.63, 3.8) is 0 Å². The molecule has 38 heteroatoms. The van der Waals surface area contributed by atoms with E-state index in [4.69, 9.17) is 44.2 Å². The zero-order chi connectivity index (χ0) is 59.9. The van der Waals surface area contributed by atoms with Gasteiger partial charge < -0.3 is 19.5 Å². The standard InChI is InChI=1S/2C8H5F2NO2S2.C8H5F2NS2.C7H4ClF2N3.C7H5NS2.C6H4ClN3.CH2F2O2S.Na/c2*9-7(10)15(12,13)8-11-5-3-1-2-4-6(5)14-8;9-7(10)13-8-11-5-3-1-2-4-6(5)12-8;8-5-4-3(6(9)10)1-11-7(4)13-2-12-5;9-7-8-5-3-1-2-4-6(5)10-7;7-5-4-1-2-8-6(4)10-3-9-5;2-1(3)6(4)5;/h2*1-4,7H;1-4,7H;1-2,6H,(H,11,12,13);1-4H,(H,8,9);1-3H,(H,8,9,10);1H,(H,4,5);/q;;;;;;;+1/p-1. The molecule has 12 aromatic rings. The van der Waals surface area contributed by atoms with Crippen LogP contribution in [0.2, 0.25) is 10.3 Å². The second-order valence-electron chi connectivity index (χ2n) is 14.7. The van der Waals surface area contributed by atoms with Gasteiger partial charge in [-0.25, -0.2) is 60.5 Å². The van der Waals surface area contributed by atoms with Crippen molar-refractivity contribution >= 4 is 186 Å². The first-order valence-corrected chi connectivity index (χ1v) is 31.1. The van der Waals surface area contributed by atoms with E-state index in [9.17, 15) is 60.7 Å². The van der Waals surface area contributed by atoms with Gasteiger partial charge in [-0.15, -0.1) is 45.3 Å². The molecule has 0 saturated carbocycles. The number of aromatic nitrogens is 10. The van der Waals surface area contributed by atoms with Crippen LogP contribution in [0, 0.1) is 3.95 Å². The molecule has 1 atom stereocenters. The normalized spacial score (nSPS) is 11.7. The van der Waals surface area contributed by atoms with Gasteiger partial charge in [0.2, 0.25) is 8.68 Å². The average Bonchev–Trinajstić information content (AvgIpc) is 4.12. The first-order valence-electron chi connectivity index (χ1n) is 21.6. The SMILES string of the molecule is Clc1ncnc2[nH]ccc12.FC(F)Sc1nc2ccccc2s1.FC(F)c1c[nH]c2ncnc(Cl)c12.O=S(=O)(c1nc2ccccc2s1)C(F)F.O=S(=O)(c1nc2ccccc2s1)C(F)F.O=S([O-])C(F)F.S=c1[nH]c2ccccc2s1.[Na+]. The largest absolute Gasteiger partial charge is 1.00 e. The summed E-state index contributed by atoms with van der Waals surface area (Å²) in [6, 6.07) is 30.5. The topological polar surface area (TPSA) is 246 Å². The molecule has 16 nitrogen and oxygen atoms in total. The van der Waals surface area contributed by atoms with Crippen LogP contribution in [0.25, 0.3) is 62.9 Å². The van der Waals surface area contributed by atoms with Crippen molar-refractivity contribution in [3.05, 3.63) is 148 Å². The molecule has 0 fully saturated rings. The van der Waals surface area contributed by atoms with Gasteiger partial charge in [-0.05, 0) is 78.6 Å². The van der Waals surface area contributed by atoms with Crippen LogP contribution in [0.5, 0.6) is 0 Å². The third-order valence-electron chi connectivity index (χ3n) is 9.44. The van der Waals surface area contributed by atoms with Crippen LogP contribution in [0.4, 0.5) is 43.9 Å². The monoisotopic (exact) mass is 1380 g/mol. The van der Waals surface area contributed by atoms with E-state index in [1.54, 1.807) is 66.1 Å². The smallest absolute Gasteiger partial charge is 0.768 e. The second kappa shape index (κ2) is 32.0. The number of thioether (sulfide) groups is 1. The van der Waals surface area contributed by atoms with Crippen LogP contribution in [0.1, 0.15) is 12.0 Å². The predicted molar refractivity (Wildman–Crippen MR) is 302 cm³/mol. The molecule has 0 aliphatic carbocycles. The molecule has 0 spiro atoms. The molecule has 3 N–H and O–H groups in total. The Hall–Kier alpha value is -4.86. The van der Waals surface area contributed by atoms with E-state index >= 15 is 0 Å². The number of thiazole rings is 4.